The summed E-state index contributed by atoms with van der Waals surface area (Å²) in [4.78, 5) is 15.9. The molecule has 1 amide bonds. The quantitative estimate of drug-likeness (QED) is 0.864. The van der Waals surface area contributed by atoms with Gasteiger partial charge in [0, 0.05) is 18.3 Å². The second-order valence-corrected chi connectivity index (χ2v) is 4.80. The van der Waals surface area contributed by atoms with Crippen LogP contribution in [0, 0.1) is 0 Å². The largest absolute Gasteiger partial charge is 0.454 e. The number of carbonyl (C=O) groups excluding carboxylic acids is 1. The number of pyridine rings is 1. The first-order valence-corrected chi connectivity index (χ1v) is 6.41. The summed E-state index contributed by atoms with van der Waals surface area (Å²) in [5.74, 6) is 0.759. The molecule has 0 saturated carbocycles. The van der Waals surface area contributed by atoms with E-state index in [1.54, 1.807) is 18.2 Å². The van der Waals surface area contributed by atoms with Crippen LogP contribution in [0.2, 0.25) is 10.2 Å². The zero-order valence-electron chi connectivity index (χ0n) is 10.0. The first-order valence-electron chi connectivity index (χ1n) is 5.65. The van der Waals surface area contributed by atoms with Crippen LogP contribution in [0.4, 0.5) is 5.69 Å². The Bertz CT molecular complexity index is 674. The van der Waals surface area contributed by atoms with Gasteiger partial charge in [0.15, 0.2) is 11.5 Å². The van der Waals surface area contributed by atoms with Crippen molar-refractivity contribution in [3.8, 4) is 11.5 Å². The summed E-state index contributed by atoms with van der Waals surface area (Å²) in [6.45, 7) is 0.143. The molecule has 0 atom stereocenters. The monoisotopic (exact) mass is 310 g/mol. The molecule has 1 aliphatic rings. The number of rotatable bonds is 2. The lowest BCUT2D eigenvalue weighted by Crippen LogP contribution is -2.12. The molecular formula is C13H8Cl2N2O3. The van der Waals surface area contributed by atoms with E-state index in [9.17, 15) is 4.79 Å². The van der Waals surface area contributed by atoms with Gasteiger partial charge in [-0.3, -0.25) is 4.79 Å². The van der Waals surface area contributed by atoms with Crippen molar-refractivity contribution in [3.05, 3.63) is 46.2 Å². The summed E-state index contributed by atoms with van der Waals surface area (Å²) in [5.41, 5.74) is 0.819. The Hall–Kier alpha value is -1.98. The normalized spacial score (nSPS) is 12.3. The zero-order chi connectivity index (χ0) is 14.1. The standard InChI is InChI=1S/C13H8Cl2N2O3/c14-8-3-10-11(20-6-19-10)4-9(8)17-13(18)7-1-2-12(15)16-5-7/h1-5H,6H2,(H,17,18). The number of aromatic nitrogens is 1. The van der Waals surface area contributed by atoms with E-state index in [0.29, 0.717) is 32.9 Å². The number of carbonyl (C=O) groups is 1. The number of amides is 1. The molecule has 3 rings (SSSR count). The molecule has 0 aliphatic carbocycles. The van der Waals surface area contributed by atoms with E-state index in [1.807, 2.05) is 0 Å². The lowest BCUT2D eigenvalue weighted by molar-refractivity contribution is 0.102. The predicted molar refractivity (Wildman–Crippen MR) is 74.8 cm³/mol. The first kappa shape index (κ1) is 13.0. The number of benzene rings is 1. The van der Waals surface area contributed by atoms with Crippen molar-refractivity contribution in [1.82, 2.24) is 4.98 Å². The molecule has 0 unspecified atom stereocenters. The molecule has 102 valence electrons. The number of ether oxygens (including phenoxy) is 2. The third-order valence-electron chi connectivity index (χ3n) is 2.70. The molecule has 0 bridgehead atoms. The van der Waals surface area contributed by atoms with Crippen LogP contribution < -0.4 is 14.8 Å². The van der Waals surface area contributed by atoms with Gasteiger partial charge in [0.25, 0.3) is 5.91 Å². The highest BCUT2D eigenvalue weighted by Crippen LogP contribution is 2.39. The third-order valence-corrected chi connectivity index (χ3v) is 3.24. The summed E-state index contributed by atoms with van der Waals surface area (Å²) >= 11 is 11.7. The molecule has 1 aromatic heterocycles. The van der Waals surface area contributed by atoms with Crippen molar-refractivity contribution in [2.45, 2.75) is 0 Å². The average molecular weight is 311 g/mol. The van der Waals surface area contributed by atoms with Gasteiger partial charge in [0.2, 0.25) is 6.79 Å². The van der Waals surface area contributed by atoms with Crippen LogP contribution in [-0.4, -0.2) is 17.7 Å². The second kappa shape index (κ2) is 5.19. The maximum Gasteiger partial charge on any atom is 0.257 e. The highest BCUT2D eigenvalue weighted by Gasteiger charge is 2.18. The Kier molecular flexibility index (Phi) is 3.38. The minimum Gasteiger partial charge on any atom is -0.454 e. The molecule has 1 aromatic carbocycles. The Balaban J connectivity index is 1.84. The molecule has 0 fully saturated rings. The Labute approximate surface area is 124 Å². The predicted octanol–water partition coefficient (Wildman–Crippen LogP) is 3.37. The van der Waals surface area contributed by atoms with Crippen LogP contribution >= 0.6 is 23.2 Å². The van der Waals surface area contributed by atoms with Gasteiger partial charge >= 0.3 is 0 Å². The van der Waals surface area contributed by atoms with Crippen LogP contribution in [-0.2, 0) is 0 Å². The number of anilines is 1. The highest BCUT2D eigenvalue weighted by atomic mass is 35.5. The number of halogens is 2. The van der Waals surface area contributed by atoms with Crippen molar-refractivity contribution in [3.63, 3.8) is 0 Å². The van der Waals surface area contributed by atoms with Gasteiger partial charge in [-0.1, -0.05) is 23.2 Å². The van der Waals surface area contributed by atoms with E-state index >= 15 is 0 Å². The minimum atomic E-state index is -0.338. The van der Waals surface area contributed by atoms with E-state index in [2.05, 4.69) is 10.3 Å². The summed E-state index contributed by atoms with van der Waals surface area (Å²) in [6, 6.07) is 6.33. The Morgan fingerprint density at radius 2 is 1.95 bits per heavy atom. The fourth-order valence-corrected chi connectivity index (χ4v) is 2.03. The molecule has 2 aromatic rings. The fraction of sp³-hybridized carbons (Fsp3) is 0.0769. The Morgan fingerprint density at radius 1 is 1.20 bits per heavy atom. The van der Waals surface area contributed by atoms with Gasteiger partial charge in [-0.05, 0) is 12.1 Å². The lowest BCUT2D eigenvalue weighted by Gasteiger charge is -2.08. The van der Waals surface area contributed by atoms with Gasteiger partial charge in [0.05, 0.1) is 16.3 Å². The van der Waals surface area contributed by atoms with Crippen molar-refractivity contribution >= 4 is 34.8 Å². The summed E-state index contributed by atoms with van der Waals surface area (Å²) in [7, 11) is 0. The molecule has 0 radical (unpaired) electrons. The van der Waals surface area contributed by atoms with Gasteiger partial charge in [-0.15, -0.1) is 0 Å². The smallest absolute Gasteiger partial charge is 0.257 e. The van der Waals surface area contributed by atoms with Gasteiger partial charge in [0.1, 0.15) is 5.15 Å². The number of nitrogens with zero attached hydrogens (tertiary/aromatic N) is 1. The number of nitrogens with one attached hydrogen (secondary N) is 1. The number of hydrogen-bond donors (Lipinski definition) is 1. The van der Waals surface area contributed by atoms with Gasteiger partial charge < -0.3 is 14.8 Å². The maximum absolute atomic E-state index is 12.1. The van der Waals surface area contributed by atoms with Crippen LogP contribution in [0.25, 0.3) is 0 Å². The molecule has 7 heteroatoms. The van der Waals surface area contributed by atoms with Crippen molar-refractivity contribution in [2.75, 3.05) is 12.1 Å². The first-order chi connectivity index (χ1) is 9.63. The van der Waals surface area contributed by atoms with Crippen LogP contribution in [0.5, 0.6) is 11.5 Å². The zero-order valence-corrected chi connectivity index (χ0v) is 11.5. The van der Waals surface area contributed by atoms with E-state index in [4.69, 9.17) is 32.7 Å². The summed E-state index contributed by atoms with van der Waals surface area (Å²) in [6.07, 6.45) is 1.39. The molecule has 5 nitrogen and oxygen atoms in total. The van der Waals surface area contributed by atoms with Crippen molar-refractivity contribution in [1.29, 1.82) is 0 Å². The van der Waals surface area contributed by atoms with Gasteiger partial charge in [-0.2, -0.15) is 0 Å². The van der Waals surface area contributed by atoms with E-state index in [1.165, 1.54) is 12.3 Å². The molecular weight excluding hydrogens is 303 g/mol. The molecule has 1 aliphatic heterocycles. The minimum absolute atomic E-state index is 0.143. The molecule has 2 heterocycles. The molecule has 1 N–H and O–H groups in total. The average Bonchev–Trinajstić information content (AvgIpc) is 2.87. The third kappa shape index (κ3) is 2.50. The van der Waals surface area contributed by atoms with Crippen molar-refractivity contribution in [2.24, 2.45) is 0 Å². The number of hydrogen-bond acceptors (Lipinski definition) is 4. The SMILES string of the molecule is O=C(Nc1cc2c(cc1Cl)OCO2)c1ccc(Cl)nc1. The highest BCUT2D eigenvalue weighted by molar-refractivity contribution is 6.34. The Morgan fingerprint density at radius 3 is 2.65 bits per heavy atom. The fourth-order valence-electron chi connectivity index (χ4n) is 1.72. The van der Waals surface area contributed by atoms with Crippen LogP contribution in [0.1, 0.15) is 10.4 Å². The topological polar surface area (TPSA) is 60.5 Å². The second-order valence-electron chi connectivity index (χ2n) is 4.01. The van der Waals surface area contributed by atoms with Crippen LogP contribution in [0.3, 0.4) is 0 Å². The molecule has 0 spiro atoms. The molecule has 0 saturated heterocycles. The van der Waals surface area contributed by atoms with E-state index in [0.717, 1.165) is 0 Å². The van der Waals surface area contributed by atoms with Crippen LogP contribution in [0.15, 0.2) is 30.5 Å². The number of fused-ring (bicyclic) bond motifs is 1. The lowest BCUT2D eigenvalue weighted by atomic mass is 10.2. The van der Waals surface area contributed by atoms with E-state index in [-0.39, 0.29) is 12.7 Å². The van der Waals surface area contributed by atoms with Gasteiger partial charge in [-0.25, -0.2) is 4.98 Å². The van der Waals surface area contributed by atoms with Crippen molar-refractivity contribution < 1.29 is 14.3 Å². The maximum atomic E-state index is 12.1. The summed E-state index contributed by atoms with van der Waals surface area (Å²) < 4.78 is 10.4. The summed E-state index contributed by atoms with van der Waals surface area (Å²) in [5, 5.41) is 3.37. The van der Waals surface area contributed by atoms with E-state index < -0.39 is 0 Å². The molecule has 20 heavy (non-hydrogen) atoms.